The molecule has 0 saturated heterocycles. The molecule has 4 nitrogen and oxygen atoms in total. The number of carbonyl (C=O) groups is 2. The van der Waals surface area contributed by atoms with Crippen molar-refractivity contribution in [2.75, 3.05) is 0 Å². The monoisotopic (exact) mass is 188 g/mol. The summed E-state index contributed by atoms with van der Waals surface area (Å²) in [5, 5.41) is 0.809. The lowest BCUT2D eigenvalue weighted by Gasteiger charge is -1.89. The minimum Gasteiger partial charge on any atom is -0.364 e. The molecule has 1 amide bonds. The van der Waals surface area contributed by atoms with E-state index in [1.54, 1.807) is 24.3 Å². The van der Waals surface area contributed by atoms with Crippen molar-refractivity contribution >= 4 is 23.1 Å². The predicted octanol–water partition coefficient (Wildman–Crippen LogP) is 1.08. The van der Waals surface area contributed by atoms with Gasteiger partial charge >= 0.3 is 0 Å². The first kappa shape index (κ1) is 8.50. The van der Waals surface area contributed by atoms with Gasteiger partial charge in [-0.3, -0.25) is 9.59 Å². The molecule has 14 heavy (non-hydrogen) atoms. The first-order valence-electron chi connectivity index (χ1n) is 4.08. The van der Waals surface area contributed by atoms with Crippen molar-refractivity contribution in [3.8, 4) is 0 Å². The number of carbonyl (C=O) groups excluding carboxylic acids is 2. The highest BCUT2D eigenvalue weighted by Crippen LogP contribution is 2.16. The second-order valence-corrected chi connectivity index (χ2v) is 3.01. The smallest absolute Gasteiger partial charge is 0.265 e. The molecular formula is C10H8N2O2. The molecule has 70 valence electrons. The maximum Gasteiger partial charge on any atom is 0.265 e. The summed E-state index contributed by atoms with van der Waals surface area (Å²) < 4.78 is 0. The van der Waals surface area contributed by atoms with E-state index in [2.05, 4.69) is 4.98 Å². The molecule has 0 radical (unpaired) electrons. The van der Waals surface area contributed by atoms with Crippen LogP contribution in [0, 0.1) is 0 Å². The van der Waals surface area contributed by atoms with Crippen LogP contribution in [-0.4, -0.2) is 17.2 Å². The van der Waals surface area contributed by atoms with E-state index in [0.717, 1.165) is 17.2 Å². The van der Waals surface area contributed by atoms with Crippen molar-refractivity contribution < 1.29 is 9.59 Å². The van der Waals surface area contributed by atoms with Crippen LogP contribution in [0.15, 0.2) is 24.3 Å². The Morgan fingerprint density at radius 3 is 2.79 bits per heavy atom. The number of aldehydes is 1. The van der Waals surface area contributed by atoms with Gasteiger partial charge in [-0.1, -0.05) is 0 Å². The van der Waals surface area contributed by atoms with Crippen LogP contribution in [0.5, 0.6) is 0 Å². The lowest BCUT2D eigenvalue weighted by Crippen LogP contribution is -2.10. The number of amides is 1. The number of rotatable bonds is 2. The van der Waals surface area contributed by atoms with Crippen molar-refractivity contribution in [2.24, 2.45) is 5.73 Å². The van der Waals surface area contributed by atoms with E-state index in [-0.39, 0.29) is 0 Å². The quantitative estimate of drug-likeness (QED) is 0.692. The first-order valence-corrected chi connectivity index (χ1v) is 4.08. The van der Waals surface area contributed by atoms with Gasteiger partial charge in [0.25, 0.3) is 5.91 Å². The topological polar surface area (TPSA) is 76.0 Å². The normalized spacial score (nSPS) is 10.3. The highest BCUT2D eigenvalue weighted by atomic mass is 16.1. The van der Waals surface area contributed by atoms with Crippen molar-refractivity contribution in [3.05, 3.63) is 35.5 Å². The van der Waals surface area contributed by atoms with Crippen molar-refractivity contribution in [1.29, 1.82) is 0 Å². The van der Waals surface area contributed by atoms with Crippen LogP contribution >= 0.6 is 0 Å². The van der Waals surface area contributed by atoms with Gasteiger partial charge in [0.15, 0.2) is 0 Å². The molecule has 0 aliphatic heterocycles. The van der Waals surface area contributed by atoms with Gasteiger partial charge in [0.05, 0.1) is 0 Å². The maximum atomic E-state index is 10.8. The molecule has 3 N–H and O–H groups in total. The molecule has 0 aliphatic carbocycles. The highest BCUT2D eigenvalue weighted by molar-refractivity contribution is 5.98. The zero-order valence-corrected chi connectivity index (χ0v) is 7.28. The molecule has 1 aromatic heterocycles. The second-order valence-electron chi connectivity index (χ2n) is 3.01. The molecule has 0 spiro atoms. The molecule has 0 unspecified atom stereocenters. The Kier molecular flexibility index (Phi) is 1.81. The molecule has 1 aromatic carbocycles. The van der Waals surface area contributed by atoms with E-state index in [1.165, 1.54) is 0 Å². The SMILES string of the molecule is NC(=O)c1cc2cc(C=O)ccc2[nH]1. The van der Waals surface area contributed by atoms with Gasteiger partial charge in [0, 0.05) is 16.5 Å². The number of fused-ring (bicyclic) bond motifs is 1. The number of H-pyrrole nitrogens is 1. The third-order valence-electron chi connectivity index (χ3n) is 2.05. The highest BCUT2D eigenvalue weighted by Gasteiger charge is 2.05. The summed E-state index contributed by atoms with van der Waals surface area (Å²) in [7, 11) is 0. The van der Waals surface area contributed by atoms with Crippen LogP contribution in [0.4, 0.5) is 0 Å². The molecule has 0 saturated carbocycles. The fourth-order valence-corrected chi connectivity index (χ4v) is 1.36. The van der Waals surface area contributed by atoms with E-state index in [0.29, 0.717) is 11.3 Å². The number of benzene rings is 1. The number of aromatic amines is 1. The van der Waals surface area contributed by atoms with Crippen LogP contribution in [0.3, 0.4) is 0 Å². The van der Waals surface area contributed by atoms with Crippen molar-refractivity contribution in [3.63, 3.8) is 0 Å². The van der Waals surface area contributed by atoms with E-state index >= 15 is 0 Å². The zero-order chi connectivity index (χ0) is 10.1. The molecule has 0 aliphatic rings. The number of aromatic nitrogens is 1. The van der Waals surface area contributed by atoms with Crippen molar-refractivity contribution in [1.82, 2.24) is 4.98 Å². The van der Waals surface area contributed by atoms with Gasteiger partial charge in [-0.2, -0.15) is 0 Å². The Balaban J connectivity index is 2.65. The van der Waals surface area contributed by atoms with Gasteiger partial charge < -0.3 is 10.7 Å². The van der Waals surface area contributed by atoms with E-state index in [1.807, 2.05) is 0 Å². The minimum absolute atomic E-state index is 0.350. The van der Waals surface area contributed by atoms with Crippen molar-refractivity contribution in [2.45, 2.75) is 0 Å². The average Bonchev–Trinajstić information content (AvgIpc) is 2.59. The summed E-state index contributed by atoms with van der Waals surface area (Å²) in [6, 6.07) is 6.75. The molecule has 0 fully saturated rings. The first-order chi connectivity index (χ1) is 6.70. The largest absolute Gasteiger partial charge is 0.364 e. The minimum atomic E-state index is -0.506. The van der Waals surface area contributed by atoms with E-state index < -0.39 is 5.91 Å². The summed E-state index contributed by atoms with van der Waals surface area (Å²) in [5.74, 6) is -0.506. The summed E-state index contributed by atoms with van der Waals surface area (Å²) in [4.78, 5) is 24.2. The molecular weight excluding hydrogens is 180 g/mol. The Morgan fingerprint density at radius 1 is 1.36 bits per heavy atom. The standard InChI is InChI=1S/C10H8N2O2/c11-10(14)9-4-7-3-6(5-13)1-2-8(7)12-9/h1-5,12H,(H2,11,14). The Hall–Kier alpha value is -2.10. The lowest BCUT2D eigenvalue weighted by molar-refractivity contribution is 0.0996. The van der Waals surface area contributed by atoms with Crippen LogP contribution in [0.1, 0.15) is 20.8 Å². The fraction of sp³-hybridized carbons (Fsp3) is 0. The number of hydrogen-bond acceptors (Lipinski definition) is 2. The Bertz CT molecular complexity index is 514. The summed E-state index contributed by atoms with van der Waals surface area (Å²) >= 11 is 0. The van der Waals surface area contributed by atoms with Crippen LogP contribution in [0.25, 0.3) is 10.9 Å². The summed E-state index contributed by atoms with van der Waals surface area (Å²) in [6.07, 6.45) is 0.760. The molecule has 2 rings (SSSR count). The summed E-state index contributed by atoms with van der Waals surface area (Å²) in [5.41, 5.74) is 6.83. The van der Waals surface area contributed by atoms with Gasteiger partial charge in [-0.05, 0) is 24.3 Å². The van der Waals surface area contributed by atoms with E-state index in [4.69, 9.17) is 5.73 Å². The Labute approximate surface area is 79.7 Å². The molecule has 0 atom stereocenters. The molecule has 2 aromatic rings. The third-order valence-corrected chi connectivity index (χ3v) is 2.05. The van der Waals surface area contributed by atoms with Gasteiger partial charge in [-0.25, -0.2) is 0 Å². The number of nitrogens with one attached hydrogen (secondary N) is 1. The predicted molar refractivity (Wildman–Crippen MR) is 52.2 cm³/mol. The van der Waals surface area contributed by atoms with Gasteiger partial charge in [-0.15, -0.1) is 0 Å². The average molecular weight is 188 g/mol. The van der Waals surface area contributed by atoms with Crippen LogP contribution in [-0.2, 0) is 0 Å². The van der Waals surface area contributed by atoms with E-state index in [9.17, 15) is 9.59 Å². The number of hydrogen-bond donors (Lipinski definition) is 2. The Morgan fingerprint density at radius 2 is 2.14 bits per heavy atom. The summed E-state index contributed by atoms with van der Waals surface area (Å²) in [6.45, 7) is 0. The second kappa shape index (κ2) is 2.99. The van der Waals surface area contributed by atoms with Crippen LogP contribution < -0.4 is 5.73 Å². The lowest BCUT2D eigenvalue weighted by atomic mass is 10.2. The van der Waals surface area contributed by atoms with Gasteiger partial charge in [0.2, 0.25) is 0 Å². The fourth-order valence-electron chi connectivity index (χ4n) is 1.36. The zero-order valence-electron chi connectivity index (χ0n) is 7.28. The third kappa shape index (κ3) is 1.26. The molecule has 1 heterocycles. The maximum absolute atomic E-state index is 10.8. The molecule has 0 bridgehead atoms. The van der Waals surface area contributed by atoms with Gasteiger partial charge in [0.1, 0.15) is 12.0 Å². The molecule has 4 heteroatoms. The van der Waals surface area contributed by atoms with Crippen LogP contribution in [0.2, 0.25) is 0 Å². The number of primary amides is 1. The number of nitrogens with two attached hydrogens (primary N) is 1.